The molecule has 0 saturated carbocycles. The van der Waals surface area contributed by atoms with Gasteiger partial charge in [0.05, 0.1) is 6.04 Å². The minimum atomic E-state index is -1.68. The number of carbonyl (C=O) groups excluding carboxylic acids is 2. The second-order valence-corrected chi connectivity index (χ2v) is 6.69. The van der Waals surface area contributed by atoms with Crippen LogP contribution >= 0.6 is 0 Å². The van der Waals surface area contributed by atoms with Crippen molar-refractivity contribution in [1.29, 1.82) is 0 Å². The summed E-state index contributed by atoms with van der Waals surface area (Å²) < 4.78 is 19.9. The summed E-state index contributed by atoms with van der Waals surface area (Å²) in [6.07, 6.45) is -0.137. The van der Waals surface area contributed by atoms with Crippen molar-refractivity contribution in [3.05, 3.63) is 66.1 Å². The molecule has 0 saturated heterocycles. The number of aryl methyl sites for hydroxylation is 1. The molecule has 1 unspecified atom stereocenters. The Kier molecular flexibility index (Phi) is 6.53. The van der Waals surface area contributed by atoms with E-state index in [1.807, 2.05) is 37.3 Å². The molecule has 2 aromatic carbocycles. The van der Waals surface area contributed by atoms with Crippen molar-refractivity contribution in [2.24, 2.45) is 0 Å². The number of amides is 1. The number of carbonyl (C=O) groups is 2. The molecule has 2 atom stereocenters. The lowest BCUT2D eigenvalue weighted by Gasteiger charge is -2.17. The van der Waals surface area contributed by atoms with Gasteiger partial charge >= 0.3 is 0 Å². The molecule has 3 rings (SSSR count). The maximum atomic E-state index is 14.4. The van der Waals surface area contributed by atoms with Crippen LogP contribution in [0.5, 0.6) is 0 Å². The Morgan fingerprint density at radius 1 is 1.07 bits per heavy atom. The maximum absolute atomic E-state index is 14.4. The third-order valence-electron chi connectivity index (χ3n) is 4.53. The first-order chi connectivity index (χ1) is 13.6. The van der Waals surface area contributed by atoms with Crippen LogP contribution < -0.4 is 5.32 Å². The number of hydrogen-bond acceptors (Lipinski definition) is 4. The lowest BCUT2D eigenvalue weighted by atomic mass is 10.0. The number of para-hydroxylation sites is 2. The summed E-state index contributed by atoms with van der Waals surface area (Å²) in [6.45, 7) is 1.89. The van der Waals surface area contributed by atoms with E-state index in [9.17, 15) is 14.0 Å². The predicted octanol–water partition coefficient (Wildman–Crippen LogP) is 4.27. The molecule has 28 heavy (non-hydrogen) atoms. The monoisotopic (exact) mass is 382 g/mol. The van der Waals surface area contributed by atoms with Crippen molar-refractivity contribution in [2.75, 3.05) is 0 Å². The molecule has 1 aromatic heterocycles. The molecule has 0 spiro atoms. The molecule has 1 amide bonds. The maximum Gasteiger partial charge on any atom is 0.266 e. The highest BCUT2D eigenvalue weighted by molar-refractivity contribution is 6.00. The zero-order chi connectivity index (χ0) is 19.9. The zero-order valence-corrected chi connectivity index (χ0v) is 15.7. The largest absolute Gasteiger partial charge is 0.434 e. The molecular formula is C22H23FN2O3. The minimum absolute atomic E-state index is 0.0613. The summed E-state index contributed by atoms with van der Waals surface area (Å²) in [6, 6.07) is 15.6. The molecule has 0 bridgehead atoms. The number of fused-ring (bicyclic) bond motifs is 1. The minimum Gasteiger partial charge on any atom is -0.434 e. The van der Waals surface area contributed by atoms with Crippen LogP contribution in [0.2, 0.25) is 0 Å². The van der Waals surface area contributed by atoms with Gasteiger partial charge in [0.25, 0.3) is 11.8 Å². The van der Waals surface area contributed by atoms with Crippen LogP contribution in [0.25, 0.3) is 11.1 Å². The summed E-state index contributed by atoms with van der Waals surface area (Å²) in [7, 11) is 0. The standard InChI is InChI=1S/C22H23FN2O3/c1-2-8-18(20(26)22-25-17-11-6-7-12-19(17)28-22)24-21(27)16(23)14-13-15-9-4-3-5-10-15/h3-7,9-12,16,18H,2,8,13-14H2,1H3,(H,24,27)/t16-,18?/m0/s1. The average molecular weight is 382 g/mol. The Morgan fingerprint density at radius 2 is 1.79 bits per heavy atom. The van der Waals surface area contributed by atoms with Crippen molar-refractivity contribution in [1.82, 2.24) is 10.3 Å². The van der Waals surface area contributed by atoms with Gasteiger partial charge in [-0.05, 0) is 37.0 Å². The molecule has 0 fully saturated rings. The second kappa shape index (κ2) is 9.26. The van der Waals surface area contributed by atoms with Crippen LogP contribution in [-0.4, -0.2) is 28.9 Å². The molecule has 5 nitrogen and oxygen atoms in total. The summed E-state index contributed by atoms with van der Waals surface area (Å²) in [5, 5.41) is 2.53. The molecule has 6 heteroatoms. The number of halogens is 1. The Bertz CT molecular complexity index is 906. The third kappa shape index (κ3) is 4.82. The highest BCUT2D eigenvalue weighted by Gasteiger charge is 2.28. The van der Waals surface area contributed by atoms with Gasteiger partial charge in [0.15, 0.2) is 11.8 Å². The summed E-state index contributed by atoms with van der Waals surface area (Å²) in [4.78, 5) is 29.2. The van der Waals surface area contributed by atoms with E-state index in [0.29, 0.717) is 30.4 Å². The Balaban J connectivity index is 1.64. The van der Waals surface area contributed by atoms with Gasteiger partial charge in [0.1, 0.15) is 5.52 Å². The van der Waals surface area contributed by atoms with E-state index in [1.165, 1.54) is 0 Å². The highest BCUT2D eigenvalue weighted by Crippen LogP contribution is 2.17. The predicted molar refractivity (Wildman–Crippen MR) is 105 cm³/mol. The Morgan fingerprint density at radius 3 is 2.50 bits per heavy atom. The van der Waals surface area contributed by atoms with Gasteiger partial charge in [0.2, 0.25) is 5.78 Å². The summed E-state index contributed by atoms with van der Waals surface area (Å²) in [5.41, 5.74) is 2.03. The fourth-order valence-corrected chi connectivity index (χ4v) is 3.02. The van der Waals surface area contributed by atoms with E-state index >= 15 is 0 Å². The topological polar surface area (TPSA) is 72.2 Å². The highest BCUT2D eigenvalue weighted by atomic mass is 19.1. The molecule has 1 N–H and O–H groups in total. The van der Waals surface area contributed by atoms with Gasteiger partial charge < -0.3 is 9.73 Å². The van der Waals surface area contributed by atoms with E-state index in [1.54, 1.807) is 24.3 Å². The molecule has 0 aliphatic heterocycles. The Hall–Kier alpha value is -3.02. The summed E-state index contributed by atoms with van der Waals surface area (Å²) in [5.74, 6) is -1.29. The van der Waals surface area contributed by atoms with Gasteiger partial charge in [0, 0.05) is 0 Å². The van der Waals surface area contributed by atoms with Crippen molar-refractivity contribution in [2.45, 2.75) is 44.8 Å². The van der Waals surface area contributed by atoms with Gasteiger partial charge in [-0.3, -0.25) is 9.59 Å². The van der Waals surface area contributed by atoms with E-state index in [0.717, 1.165) is 5.56 Å². The quantitative estimate of drug-likeness (QED) is 0.561. The smallest absolute Gasteiger partial charge is 0.266 e. The molecule has 1 heterocycles. The van der Waals surface area contributed by atoms with Crippen molar-refractivity contribution >= 4 is 22.8 Å². The molecule has 0 radical (unpaired) electrons. The van der Waals surface area contributed by atoms with Crippen LogP contribution in [0.4, 0.5) is 4.39 Å². The molecule has 146 valence electrons. The van der Waals surface area contributed by atoms with Crippen molar-refractivity contribution in [3.63, 3.8) is 0 Å². The molecule has 3 aromatic rings. The number of aromatic nitrogens is 1. The number of oxazole rings is 1. The number of nitrogens with one attached hydrogen (secondary N) is 1. The van der Waals surface area contributed by atoms with E-state index in [4.69, 9.17) is 4.42 Å². The molecule has 0 aliphatic carbocycles. The lowest BCUT2D eigenvalue weighted by Crippen LogP contribution is -2.44. The van der Waals surface area contributed by atoms with Crippen molar-refractivity contribution < 1.29 is 18.4 Å². The van der Waals surface area contributed by atoms with Gasteiger partial charge in [-0.25, -0.2) is 9.37 Å². The van der Waals surface area contributed by atoms with Crippen LogP contribution in [0.3, 0.4) is 0 Å². The normalized spacial score (nSPS) is 13.2. The lowest BCUT2D eigenvalue weighted by molar-refractivity contribution is -0.126. The first kappa shape index (κ1) is 19.7. The third-order valence-corrected chi connectivity index (χ3v) is 4.53. The zero-order valence-electron chi connectivity index (χ0n) is 15.7. The van der Waals surface area contributed by atoms with E-state index in [-0.39, 0.29) is 12.3 Å². The summed E-state index contributed by atoms with van der Waals surface area (Å²) >= 11 is 0. The van der Waals surface area contributed by atoms with Gasteiger partial charge in [-0.1, -0.05) is 55.8 Å². The number of Topliss-reactive ketones (excluding diaryl/α,β-unsaturated/α-hetero) is 1. The van der Waals surface area contributed by atoms with Gasteiger partial charge in [-0.15, -0.1) is 0 Å². The number of rotatable bonds is 9. The van der Waals surface area contributed by atoms with Crippen LogP contribution in [0, 0.1) is 0 Å². The van der Waals surface area contributed by atoms with Gasteiger partial charge in [-0.2, -0.15) is 0 Å². The first-order valence-corrected chi connectivity index (χ1v) is 9.46. The SMILES string of the molecule is CCCC(NC(=O)[C@@H](F)CCc1ccccc1)C(=O)c1nc2ccccc2o1. The molecular weight excluding hydrogens is 359 g/mol. The fourth-order valence-electron chi connectivity index (χ4n) is 3.02. The number of ketones is 1. The van der Waals surface area contributed by atoms with Crippen LogP contribution in [0.15, 0.2) is 59.0 Å². The van der Waals surface area contributed by atoms with Crippen LogP contribution in [0.1, 0.15) is 42.4 Å². The number of nitrogens with zero attached hydrogens (tertiary/aromatic N) is 1. The second-order valence-electron chi connectivity index (χ2n) is 6.69. The van der Waals surface area contributed by atoms with E-state index in [2.05, 4.69) is 10.3 Å². The van der Waals surface area contributed by atoms with Crippen molar-refractivity contribution in [3.8, 4) is 0 Å². The average Bonchev–Trinajstić information content (AvgIpc) is 3.16. The first-order valence-electron chi connectivity index (χ1n) is 9.46. The van der Waals surface area contributed by atoms with E-state index < -0.39 is 23.9 Å². The Labute approximate surface area is 163 Å². The number of alkyl halides is 1. The fraction of sp³-hybridized carbons (Fsp3) is 0.318. The van der Waals surface area contributed by atoms with Crippen LogP contribution in [-0.2, 0) is 11.2 Å². The number of benzene rings is 2. The molecule has 0 aliphatic rings. The number of hydrogen-bond donors (Lipinski definition) is 1.